The van der Waals surface area contributed by atoms with Crippen LogP contribution in [0.3, 0.4) is 0 Å². The average molecular weight is 260 g/mol. The molecule has 3 heteroatoms. The maximum atomic E-state index is 12.2. The van der Waals surface area contributed by atoms with Crippen LogP contribution in [0.25, 0.3) is 0 Å². The monoisotopic (exact) mass is 260 g/mol. The minimum Gasteiger partial charge on any atom is -0.337 e. The summed E-state index contributed by atoms with van der Waals surface area (Å²) in [6.45, 7) is 6.95. The molecule has 0 saturated carbocycles. The molecule has 1 aromatic carbocycles. The number of piperazine rings is 1. The average Bonchev–Trinajstić information content (AvgIpc) is 2.41. The number of carbonyl (C=O) groups is 1. The van der Waals surface area contributed by atoms with Crippen LogP contribution in [0.15, 0.2) is 24.3 Å². The second kappa shape index (κ2) is 6.71. The van der Waals surface area contributed by atoms with E-state index in [1.807, 2.05) is 4.90 Å². The molecule has 2 rings (SSSR count). The summed E-state index contributed by atoms with van der Waals surface area (Å²) in [7, 11) is 0. The molecule has 1 fully saturated rings. The molecule has 0 bridgehead atoms. The first-order valence-electron chi connectivity index (χ1n) is 7.23. The summed E-state index contributed by atoms with van der Waals surface area (Å²) in [6, 6.07) is 8.76. The van der Waals surface area contributed by atoms with Gasteiger partial charge in [-0.2, -0.15) is 0 Å². The Kier molecular flexibility index (Phi) is 4.97. The van der Waals surface area contributed by atoms with Gasteiger partial charge < -0.3 is 10.2 Å². The number of nitrogens with one attached hydrogen (secondary N) is 1. The Morgan fingerprint density at radius 2 is 2.21 bits per heavy atom. The van der Waals surface area contributed by atoms with Crippen molar-refractivity contribution < 1.29 is 4.79 Å². The van der Waals surface area contributed by atoms with Gasteiger partial charge in [0.25, 0.3) is 0 Å². The molecule has 1 atom stereocenters. The predicted octanol–water partition coefficient (Wildman–Crippen LogP) is 2.14. The highest BCUT2D eigenvalue weighted by atomic mass is 16.2. The molecule has 19 heavy (non-hydrogen) atoms. The molecule has 0 aliphatic carbocycles. The number of hydrogen-bond acceptors (Lipinski definition) is 2. The number of hydrogen-bond donors (Lipinski definition) is 1. The Hall–Kier alpha value is -1.35. The number of aryl methyl sites for hydroxylation is 2. The number of carbonyl (C=O) groups excluding carboxylic acids is 1. The summed E-state index contributed by atoms with van der Waals surface area (Å²) in [5, 5.41) is 3.31. The van der Waals surface area contributed by atoms with Crippen LogP contribution >= 0.6 is 0 Å². The van der Waals surface area contributed by atoms with Crippen molar-refractivity contribution in [2.24, 2.45) is 0 Å². The number of benzene rings is 1. The van der Waals surface area contributed by atoms with Crippen molar-refractivity contribution >= 4 is 5.91 Å². The molecule has 0 radical (unpaired) electrons. The minimum absolute atomic E-state index is 0.308. The first-order chi connectivity index (χ1) is 9.18. The van der Waals surface area contributed by atoms with Gasteiger partial charge in [-0.25, -0.2) is 0 Å². The summed E-state index contributed by atoms with van der Waals surface area (Å²) in [5.41, 5.74) is 2.69. The normalized spacial score (nSPS) is 19.5. The quantitative estimate of drug-likeness (QED) is 0.899. The maximum absolute atomic E-state index is 12.2. The van der Waals surface area contributed by atoms with Crippen LogP contribution in [0.1, 0.15) is 30.9 Å². The van der Waals surface area contributed by atoms with E-state index in [4.69, 9.17) is 0 Å². The van der Waals surface area contributed by atoms with E-state index in [0.29, 0.717) is 18.4 Å². The fourth-order valence-electron chi connectivity index (χ4n) is 2.68. The van der Waals surface area contributed by atoms with Gasteiger partial charge in [0.1, 0.15) is 0 Å². The first-order valence-corrected chi connectivity index (χ1v) is 7.23. The maximum Gasteiger partial charge on any atom is 0.222 e. The van der Waals surface area contributed by atoms with E-state index in [0.717, 1.165) is 32.5 Å². The predicted molar refractivity (Wildman–Crippen MR) is 78.2 cm³/mol. The lowest BCUT2D eigenvalue weighted by atomic mass is 10.0. The van der Waals surface area contributed by atoms with Gasteiger partial charge in [-0.3, -0.25) is 4.79 Å². The Bertz CT molecular complexity index is 431. The van der Waals surface area contributed by atoms with E-state index >= 15 is 0 Å². The van der Waals surface area contributed by atoms with Gasteiger partial charge in [0.15, 0.2) is 0 Å². The van der Waals surface area contributed by atoms with Crippen molar-refractivity contribution in [3.8, 4) is 0 Å². The van der Waals surface area contributed by atoms with Gasteiger partial charge in [-0.1, -0.05) is 24.3 Å². The molecular formula is C16H24N2O. The molecule has 1 heterocycles. The van der Waals surface area contributed by atoms with Crippen molar-refractivity contribution in [2.75, 3.05) is 19.6 Å². The lowest BCUT2D eigenvalue weighted by molar-refractivity contribution is -0.134. The fraction of sp³-hybridized carbons (Fsp3) is 0.562. The molecule has 1 unspecified atom stereocenters. The van der Waals surface area contributed by atoms with E-state index in [9.17, 15) is 4.79 Å². The Labute approximate surface area is 116 Å². The second-order valence-electron chi connectivity index (χ2n) is 5.42. The molecule has 0 spiro atoms. The molecule has 1 aromatic rings. The van der Waals surface area contributed by atoms with Gasteiger partial charge in [0, 0.05) is 32.1 Å². The highest BCUT2D eigenvalue weighted by Gasteiger charge is 2.22. The zero-order chi connectivity index (χ0) is 13.7. The van der Waals surface area contributed by atoms with Crippen LogP contribution in [-0.2, 0) is 11.2 Å². The molecule has 1 N–H and O–H groups in total. The molecule has 1 amide bonds. The number of amides is 1. The van der Waals surface area contributed by atoms with Crippen molar-refractivity contribution in [3.63, 3.8) is 0 Å². The molecule has 3 nitrogen and oxygen atoms in total. The van der Waals surface area contributed by atoms with E-state index in [1.165, 1.54) is 11.1 Å². The van der Waals surface area contributed by atoms with Gasteiger partial charge >= 0.3 is 0 Å². The molecule has 104 valence electrons. The summed E-state index contributed by atoms with van der Waals surface area (Å²) in [5.74, 6) is 0.308. The summed E-state index contributed by atoms with van der Waals surface area (Å²) < 4.78 is 0. The van der Waals surface area contributed by atoms with Gasteiger partial charge in [0.05, 0.1) is 0 Å². The molecule has 1 aliphatic heterocycles. The standard InChI is InChI=1S/C16H24N2O/c1-13-6-3-4-7-15(13)8-5-9-16(19)18-11-10-17-12-14(18)2/h3-4,6-7,14,17H,5,8-12H2,1-2H3. The van der Waals surface area contributed by atoms with Crippen LogP contribution in [-0.4, -0.2) is 36.5 Å². The number of rotatable bonds is 4. The molecule has 1 aliphatic rings. The minimum atomic E-state index is 0.308. The topological polar surface area (TPSA) is 32.3 Å². The fourth-order valence-corrected chi connectivity index (χ4v) is 2.68. The number of nitrogens with zero attached hydrogens (tertiary/aromatic N) is 1. The van der Waals surface area contributed by atoms with Crippen LogP contribution in [0.5, 0.6) is 0 Å². The van der Waals surface area contributed by atoms with Crippen LogP contribution in [0, 0.1) is 6.92 Å². The van der Waals surface area contributed by atoms with Crippen LogP contribution < -0.4 is 5.32 Å². The second-order valence-corrected chi connectivity index (χ2v) is 5.42. The zero-order valence-electron chi connectivity index (χ0n) is 12.0. The van der Waals surface area contributed by atoms with E-state index in [-0.39, 0.29) is 0 Å². The van der Waals surface area contributed by atoms with Gasteiger partial charge in [-0.05, 0) is 37.8 Å². The molecular weight excluding hydrogens is 236 g/mol. The Morgan fingerprint density at radius 1 is 1.42 bits per heavy atom. The van der Waals surface area contributed by atoms with Crippen molar-refractivity contribution in [1.29, 1.82) is 0 Å². The Morgan fingerprint density at radius 3 is 2.95 bits per heavy atom. The van der Waals surface area contributed by atoms with Gasteiger partial charge in [0.2, 0.25) is 5.91 Å². The molecule has 0 aromatic heterocycles. The van der Waals surface area contributed by atoms with Crippen molar-refractivity contribution in [2.45, 2.75) is 39.2 Å². The van der Waals surface area contributed by atoms with E-state index in [2.05, 4.69) is 43.4 Å². The SMILES string of the molecule is Cc1ccccc1CCCC(=O)N1CCNCC1C. The summed E-state index contributed by atoms with van der Waals surface area (Å²) in [4.78, 5) is 14.2. The Balaban J connectivity index is 1.79. The van der Waals surface area contributed by atoms with Crippen LogP contribution in [0.2, 0.25) is 0 Å². The lowest BCUT2D eigenvalue weighted by Crippen LogP contribution is -2.52. The highest BCUT2D eigenvalue weighted by molar-refractivity contribution is 5.76. The van der Waals surface area contributed by atoms with E-state index in [1.54, 1.807) is 0 Å². The van der Waals surface area contributed by atoms with Crippen LogP contribution in [0.4, 0.5) is 0 Å². The largest absolute Gasteiger partial charge is 0.337 e. The van der Waals surface area contributed by atoms with Gasteiger partial charge in [-0.15, -0.1) is 0 Å². The zero-order valence-corrected chi connectivity index (χ0v) is 12.0. The third-order valence-corrected chi connectivity index (χ3v) is 3.92. The highest BCUT2D eigenvalue weighted by Crippen LogP contribution is 2.12. The summed E-state index contributed by atoms with van der Waals surface area (Å²) in [6.07, 6.45) is 2.61. The third kappa shape index (κ3) is 3.80. The summed E-state index contributed by atoms with van der Waals surface area (Å²) >= 11 is 0. The molecule has 1 saturated heterocycles. The first kappa shape index (κ1) is 14.1. The lowest BCUT2D eigenvalue weighted by Gasteiger charge is -2.34. The van der Waals surface area contributed by atoms with E-state index < -0.39 is 0 Å². The third-order valence-electron chi connectivity index (χ3n) is 3.92. The van der Waals surface area contributed by atoms with Crippen molar-refractivity contribution in [1.82, 2.24) is 10.2 Å². The smallest absolute Gasteiger partial charge is 0.222 e. The van der Waals surface area contributed by atoms with Crippen molar-refractivity contribution in [3.05, 3.63) is 35.4 Å².